The Morgan fingerprint density at radius 1 is 1.40 bits per heavy atom. The predicted octanol–water partition coefficient (Wildman–Crippen LogP) is 2.74. The van der Waals surface area contributed by atoms with Crippen LogP contribution in [-0.4, -0.2) is 23.0 Å². The first-order valence-corrected chi connectivity index (χ1v) is 6.61. The Bertz CT molecular complexity index is 666. The highest BCUT2D eigenvalue weighted by molar-refractivity contribution is 9.10. The number of nitrogens with two attached hydrogens (primary N) is 1. The summed E-state index contributed by atoms with van der Waals surface area (Å²) < 4.78 is 5.66. The van der Waals surface area contributed by atoms with Crippen LogP contribution >= 0.6 is 27.5 Å². The van der Waals surface area contributed by atoms with Gasteiger partial charge in [0, 0.05) is 21.8 Å². The first kappa shape index (κ1) is 14.5. The second-order valence-corrected chi connectivity index (χ2v) is 4.99. The number of nitrogen functional groups attached to an aromatic ring is 1. The van der Waals surface area contributed by atoms with Gasteiger partial charge < -0.3 is 10.5 Å². The molecule has 3 N–H and O–H groups in total. The van der Waals surface area contributed by atoms with Crippen molar-refractivity contribution in [3.8, 4) is 5.88 Å². The van der Waals surface area contributed by atoms with Crippen LogP contribution in [0.2, 0.25) is 5.15 Å². The van der Waals surface area contributed by atoms with E-state index in [0.29, 0.717) is 11.3 Å². The second-order valence-electron chi connectivity index (χ2n) is 3.75. The molecule has 0 unspecified atom stereocenters. The lowest BCUT2D eigenvalue weighted by atomic mass is 10.2. The van der Waals surface area contributed by atoms with E-state index in [4.69, 9.17) is 22.1 Å². The van der Waals surface area contributed by atoms with Crippen LogP contribution in [0.1, 0.15) is 10.4 Å². The number of hydrogen-bond acceptors (Lipinski definition) is 5. The summed E-state index contributed by atoms with van der Waals surface area (Å²) in [7, 11) is 1.44. The van der Waals surface area contributed by atoms with Crippen LogP contribution in [0, 0.1) is 0 Å². The van der Waals surface area contributed by atoms with Crippen molar-refractivity contribution in [2.45, 2.75) is 0 Å². The number of nitrogens with zero attached hydrogens (tertiary/aromatic N) is 2. The molecule has 0 aliphatic heterocycles. The van der Waals surface area contributed by atoms with Crippen molar-refractivity contribution < 1.29 is 9.53 Å². The quantitative estimate of drug-likeness (QED) is 0.651. The molecular weight excluding hydrogens is 348 g/mol. The Labute approximate surface area is 128 Å². The minimum atomic E-state index is -0.395. The lowest BCUT2D eigenvalue weighted by Gasteiger charge is -2.07. The normalized spacial score (nSPS) is 10.2. The minimum Gasteiger partial charge on any atom is -0.481 e. The third-order valence-corrected chi connectivity index (χ3v) is 3.28. The molecule has 0 aliphatic rings. The molecule has 1 amide bonds. The largest absolute Gasteiger partial charge is 0.481 e. The number of nitrogens with one attached hydrogen (secondary N) is 1. The summed E-state index contributed by atoms with van der Waals surface area (Å²) in [6.45, 7) is 0. The topological polar surface area (TPSA) is 90.1 Å². The van der Waals surface area contributed by atoms with Crippen molar-refractivity contribution in [3.05, 3.63) is 39.5 Å². The molecule has 2 aromatic rings. The van der Waals surface area contributed by atoms with E-state index < -0.39 is 5.91 Å². The molecule has 104 valence electrons. The van der Waals surface area contributed by atoms with Gasteiger partial charge in [0.2, 0.25) is 11.8 Å². The van der Waals surface area contributed by atoms with Gasteiger partial charge in [0.25, 0.3) is 5.91 Å². The van der Waals surface area contributed by atoms with E-state index >= 15 is 0 Å². The maximum absolute atomic E-state index is 12.0. The van der Waals surface area contributed by atoms with Crippen LogP contribution < -0.4 is 15.8 Å². The molecule has 2 rings (SSSR count). The Kier molecular flexibility index (Phi) is 4.41. The highest BCUT2D eigenvalue weighted by atomic mass is 79.9. The number of methoxy groups -OCH3 is 1. The highest BCUT2D eigenvalue weighted by Gasteiger charge is 2.11. The fourth-order valence-electron chi connectivity index (χ4n) is 1.42. The molecule has 1 aromatic heterocycles. The van der Waals surface area contributed by atoms with Crippen molar-refractivity contribution in [1.82, 2.24) is 9.97 Å². The number of ether oxygens (including phenoxy) is 1. The van der Waals surface area contributed by atoms with Crippen molar-refractivity contribution in [2.24, 2.45) is 0 Å². The van der Waals surface area contributed by atoms with Gasteiger partial charge in [-0.3, -0.25) is 10.1 Å². The zero-order valence-corrected chi connectivity index (χ0v) is 12.7. The van der Waals surface area contributed by atoms with E-state index in [1.807, 2.05) is 0 Å². The van der Waals surface area contributed by atoms with Gasteiger partial charge in [-0.2, -0.15) is 4.98 Å². The summed E-state index contributed by atoms with van der Waals surface area (Å²) in [6.07, 6.45) is 0. The van der Waals surface area contributed by atoms with E-state index in [9.17, 15) is 4.79 Å². The molecule has 0 radical (unpaired) electrons. The van der Waals surface area contributed by atoms with Crippen LogP contribution in [0.5, 0.6) is 5.88 Å². The number of hydrogen-bond donors (Lipinski definition) is 2. The van der Waals surface area contributed by atoms with E-state index in [0.717, 1.165) is 4.47 Å². The van der Waals surface area contributed by atoms with Crippen LogP contribution in [0.25, 0.3) is 0 Å². The summed E-state index contributed by atoms with van der Waals surface area (Å²) in [6, 6.07) is 6.29. The third-order valence-electron chi connectivity index (χ3n) is 2.36. The number of carbonyl (C=O) groups excluding carboxylic acids is 1. The minimum absolute atomic E-state index is 0.0563. The summed E-state index contributed by atoms with van der Waals surface area (Å²) in [4.78, 5) is 19.9. The van der Waals surface area contributed by atoms with Crippen LogP contribution in [0.15, 0.2) is 28.7 Å². The van der Waals surface area contributed by atoms with Crippen molar-refractivity contribution in [1.29, 1.82) is 0 Å². The monoisotopic (exact) mass is 356 g/mol. The number of halogens is 2. The molecule has 0 fully saturated rings. The Hall–Kier alpha value is -1.86. The number of aromatic nitrogens is 2. The Morgan fingerprint density at radius 2 is 2.15 bits per heavy atom. The molecule has 20 heavy (non-hydrogen) atoms. The first-order valence-electron chi connectivity index (χ1n) is 5.44. The highest BCUT2D eigenvalue weighted by Crippen LogP contribution is 2.21. The van der Waals surface area contributed by atoms with Crippen molar-refractivity contribution >= 4 is 45.1 Å². The van der Waals surface area contributed by atoms with Gasteiger partial charge in [-0.15, -0.1) is 0 Å². The van der Waals surface area contributed by atoms with Gasteiger partial charge >= 0.3 is 0 Å². The lowest BCUT2D eigenvalue weighted by Crippen LogP contribution is -2.14. The van der Waals surface area contributed by atoms with Crippen LogP contribution in [-0.2, 0) is 0 Å². The first-order chi connectivity index (χ1) is 9.49. The average Bonchev–Trinajstić information content (AvgIpc) is 2.41. The average molecular weight is 358 g/mol. The Morgan fingerprint density at radius 3 is 2.80 bits per heavy atom. The Balaban J connectivity index is 2.23. The van der Waals surface area contributed by atoms with Gasteiger partial charge in [0.1, 0.15) is 5.15 Å². The van der Waals surface area contributed by atoms with E-state index in [1.54, 1.807) is 18.2 Å². The van der Waals surface area contributed by atoms with E-state index in [-0.39, 0.29) is 17.0 Å². The van der Waals surface area contributed by atoms with Gasteiger partial charge in [-0.05, 0) is 34.1 Å². The van der Waals surface area contributed by atoms with Crippen LogP contribution in [0.3, 0.4) is 0 Å². The molecule has 8 heteroatoms. The summed E-state index contributed by atoms with van der Waals surface area (Å²) >= 11 is 9.05. The predicted molar refractivity (Wildman–Crippen MR) is 80.1 cm³/mol. The van der Waals surface area contributed by atoms with Gasteiger partial charge in [0.05, 0.1) is 7.11 Å². The molecule has 0 saturated heterocycles. The number of anilines is 2. The fraction of sp³-hybridized carbons (Fsp3) is 0.0833. The molecule has 1 aromatic carbocycles. The molecule has 0 atom stereocenters. The zero-order valence-electron chi connectivity index (χ0n) is 10.4. The maximum atomic E-state index is 12.0. The summed E-state index contributed by atoms with van der Waals surface area (Å²) in [5, 5.41) is 2.69. The van der Waals surface area contributed by atoms with E-state index in [2.05, 4.69) is 31.2 Å². The summed E-state index contributed by atoms with van der Waals surface area (Å²) in [5.41, 5.74) is 6.57. The molecule has 0 saturated carbocycles. The second kappa shape index (κ2) is 6.06. The molecule has 0 spiro atoms. The standard InChI is InChI=1S/C12H10BrClN4O2/c1-20-10-5-9(14)16-12(17-10)18-11(19)6-2-3-7(13)8(15)4-6/h2-5H,15H2,1H3,(H,16,17,18,19). The molecule has 1 heterocycles. The zero-order chi connectivity index (χ0) is 14.7. The number of carbonyl (C=O) groups is 1. The maximum Gasteiger partial charge on any atom is 0.258 e. The fourth-order valence-corrected chi connectivity index (χ4v) is 1.84. The molecule has 6 nitrogen and oxygen atoms in total. The number of rotatable bonds is 3. The van der Waals surface area contributed by atoms with Gasteiger partial charge in [0.15, 0.2) is 0 Å². The molecule has 0 aliphatic carbocycles. The SMILES string of the molecule is COc1cc(Cl)nc(NC(=O)c2ccc(Br)c(N)c2)n1. The van der Waals surface area contributed by atoms with Crippen molar-refractivity contribution in [3.63, 3.8) is 0 Å². The summed E-state index contributed by atoms with van der Waals surface area (Å²) in [5.74, 6) is -0.0787. The van der Waals surface area contributed by atoms with Crippen LogP contribution in [0.4, 0.5) is 11.6 Å². The third kappa shape index (κ3) is 3.37. The molecule has 0 bridgehead atoms. The van der Waals surface area contributed by atoms with Crippen molar-refractivity contribution in [2.75, 3.05) is 18.2 Å². The smallest absolute Gasteiger partial charge is 0.258 e. The van der Waals surface area contributed by atoms with Gasteiger partial charge in [-0.25, -0.2) is 4.98 Å². The number of benzene rings is 1. The molecular formula is C12H10BrClN4O2. The van der Waals surface area contributed by atoms with E-state index in [1.165, 1.54) is 13.2 Å². The lowest BCUT2D eigenvalue weighted by molar-refractivity contribution is 0.102. The van der Waals surface area contributed by atoms with Gasteiger partial charge in [-0.1, -0.05) is 11.6 Å². The number of amides is 1.